The van der Waals surface area contributed by atoms with Gasteiger partial charge in [-0.3, -0.25) is 4.52 Å². The van der Waals surface area contributed by atoms with Gasteiger partial charge in [-0.15, -0.1) is 0 Å². The normalized spacial score (nSPS) is 13.1. The van der Waals surface area contributed by atoms with Crippen molar-refractivity contribution in [3.63, 3.8) is 0 Å². The van der Waals surface area contributed by atoms with E-state index < -0.39 is 20.5 Å². The van der Waals surface area contributed by atoms with Crippen LogP contribution in [0.1, 0.15) is 110 Å². The summed E-state index contributed by atoms with van der Waals surface area (Å²) in [6, 6.07) is 0. The summed E-state index contributed by atoms with van der Waals surface area (Å²) < 4.78 is 20.0. The Bertz CT molecular complexity index is 361. The van der Waals surface area contributed by atoms with Crippen molar-refractivity contribution in [1.29, 1.82) is 0 Å². The Hall–Kier alpha value is 0.0300. The van der Waals surface area contributed by atoms with Crippen molar-refractivity contribution in [2.24, 2.45) is 0 Å². The Morgan fingerprint density at radius 1 is 0.714 bits per heavy atom. The molecule has 6 nitrogen and oxygen atoms in total. The first-order valence-electron chi connectivity index (χ1n) is 11.4. The van der Waals surface area contributed by atoms with Crippen LogP contribution < -0.4 is 0 Å². The molecule has 1 atom stereocenters. The van der Waals surface area contributed by atoms with Crippen LogP contribution in [0.4, 0.5) is 0 Å². The lowest BCUT2D eigenvalue weighted by Crippen LogP contribution is -2.21. The highest BCUT2D eigenvalue weighted by Crippen LogP contribution is 2.35. The Balaban J connectivity index is 3.13. The fourth-order valence-corrected chi connectivity index (χ4v) is 3.57. The van der Waals surface area contributed by atoms with Gasteiger partial charge < -0.3 is 19.6 Å². The largest absolute Gasteiger partial charge is 0.469 e. The first kappa shape index (κ1) is 28.0. The molecule has 3 N–H and O–H groups in total. The quantitative estimate of drug-likeness (QED) is 0.150. The molecule has 0 amide bonds. The summed E-state index contributed by atoms with van der Waals surface area (Å²) >= 11 is 0. The smallest absolute Gasteiger partial charge is 0.388 e. The molecule has 0 saturated carbocycles. The molecule has 0 spiro atoms. The first-order valence-corrected chi connectivity index (χ1v) is 12.9. The molecule has 0 saturated heterocycles. The van der Waals surface area contributed by atoms with Gasteiger partial charge in [0.15, 0.2) is 0 Å². The summed E-state index contributed by atoms with van der Waals surface area (Å²) in [5.41, 5.74) is 0. The topological polar surface area (TPSA) is 96.2 Å². The highest BCUT2D eigenvalue weighted by atomic mass is 31.2. The monoisotopic (exact) mass is 430 g/mol. The Morgan fingerprint density at radius 2 is 1.11 bits per heavy atom. The summed E-state index contributed by atoms with van der Waals surface area (Å²) in [5.74, 6) is 0. The molecule has 0 aromatic heterocycles. The maximum atomic E-state index is 10.5. The van der Waals surface area contributed by atoms with Gasteiger partial charge in [0.1, 0.15) is 6.10 Å². The lowest BCUT2D eigenvalue weighted by molar-refractivity contribution is 0.00476. The minimum Gasteiger partial charge on any atom is -0.388 e. The molecule has 0 aromatic rings. The van der Waals surface area contributed by atoms with Crippen LogP contribution >= 0.6 is 7.82 Å². The van der Waals surface area contributed by atoms with Gasteiger partial charge in [-0.1, -0.05) is 103 Å². The van der Waals surface area contributed by atoms with E-state index in [0.29, 0.717) is 6.61 Å². The van der Waals surface area contributed by atoms with Crippen LogP contribution in [0.15, 0.2) is 0 Å². The minimum atomic E-state index is -4.51. The fraction of sp³-hybridized carbons (Fsp3) is 1.00. The van der Waals surface area contributed by atoms with Crippen LogP contribution in [-0.4, -0.2) is 40.8 Å². The van der Waals surface area contributed by atoms with E-state index in [0.717, 1.165) is 12.8 Å². The van der Waals surface area contributed by atoms with Crippen molar-refractivity contribution in [2.45, 2.75) is 116 Å². The summed E-state index contributed by atoms with van der Waals surface area (Å²) in [6.45, 7) is 2.45. The maximum absolute atomic E-state index is 10.5. The van der Waals surface area contributed by atoms with Crippen molar-refractivity contribution in [3.05, 3.63) is 0 Å². The molecular formula is C21H45O6P. The molecule has 0 fully saturated rings. The molecule has 0 heterocycles. The van der Waals surface area contributed by atoms with Gasteiger partial charge in [0.25, 0.3) is 0 Å². The van der Waals surface area contributed by atoms with Gasteiger partial charge in [-0.05, 0) is 6.42 Å². The molecular weight excluding hydrogens is 385 g/mol. The molecule has 7 heteroatoms. The fourth-order valence-electron chi connectivity index (χ4n) is 3.20. The third-order valence-corrected chi connectivity index (χ3v) is 5.37. The number of unbranched alkanes of at least 4 members (excludes halogenated alkanes) is 15. The van der Waals surface area contributed by atoms with Crippen molar-refractivity contribution >= 4 is 7.82 Å². The van der Waals surface area contributed by atoms with E-state index in [1.807, 2.05) is 0 Å². The Morgan fingerprint density at radius 3 is 1.50 bits per heavy atom. The highest BCUT2D eigenvalue weighted by molar-refractivity contribution is 7.46. The van der Waals surface area contributed by atoms with Gasteiger partial charge in [0.2, 0.25) is 0 Å². The predicted octanol–water partition coefficient (Wildman–Crippen LogP) is 5.73. The SMILES string of the molecule is CCCCCCCCCCCCCCCCCCO[14CH2][14C@H](O)[14CH2]OP(=O)(O)O. The number of rotatable bonds is 22. The summed E-state index contributed by atoms with van der Waals surface area (Å²) in [5, 5.41) is 9.45. The third-order valence-electron chi connectivity index (χ3n) is 4.89. The van der Waals surface area contributed by atoms with Crippen molar-refractivity contribution in [3.8, 4) is 0 Å². The van der Waals surface area contributed by atoms with Gasteiger partial charge in [0, 0.05) is 6.61 Å². The number of phosphoric acid groups is 1. The molecule has 28 heavy (non-hydrogen) atoms. The molecule has 0 radical (unpaired) electrons. The number of phosphoric ester groups is 1. The number of aliphatic hydroxyl groups excluding tert-OH is 1. The van der Waals surface area contributed by atoms with Crippen LogP contribution in [0.3, 0.4) is 0 Å². The highest BCUT2D eigenvalue weighted by Gasteiger charge is 2.16. The second kappa shape index (κ2) is 20.3. The molecule has 0 unspecified atom stereocenters. The number of hydrogen-bond donors (Lipinski definition) is 3. The van der Waals surface area contributed by atoms with E-state index >= 15 is 0 Å². The number of aliphatic hydroxyl groups is 1. The van der Waals surface area contributed by atoms with E-state index in [2.05, 4.69) is 11.4 Å². The lowest BCUT2D eigenvalue weighted by Gasteiger charge is -2.12. The van der Waals surface area contributed by atoms with Crippen molar-refractivity contribution in [2.75, 3.05) is 19.8 Å². The Kier molecular flexibility index (Phi) is 20.3. The second-order valence-corrected chi connectivity index (χ2v) is 9.06. The molecule has 170 valence electrons. The zero-order valence-electron chi connectivity index (χ0n) is 18.0. The van der Waals surface area contributed by atoms with Gasteiger partial charge in [-0.2, -0.15) is 0 Å². The van der Waals surface area contributed by atoms with Crippen LogP contribution in [0.5, 0.6) is 0 Å². The van der Waals surface area contributed by atoms with Crippen molar-refractivity contribution in [1.82, 2.24) is 0 Å². The van der Waals surface area contributed by atoms with Crippen molar-refractivity contribution < 1.29 is 28.7 Å². The Labute approximate surface area is 172 Å². The van der Waals surface area contributed by atoms with E-state index in [1.165, 1.54) is 89.9 Å². The predicted molar refractivity (Wildman–Crippen MR) is 114 cm³/mol. The molecule has 0 aromatic carbocycles. The molecule has 0 aliphatic carbocycles. The molecule has 0 bridgehead atoms. The average molecular weight is 431 g/mol. The van der Waals surface area contributed by atoms with E-state index in [-0.39, 0.29) is 6.61 Å². The van der Waals surface area contributed by atoms with Crippen LogP contribution in [-0.2, 0) is 13.8 Å². The third kappa shape index (κ3) is 24.1. The van der Waals surface area contributed by atoms with Crippen LogP contribution in [0.25, 0.3) is 0 Å². The summed E-state index contributed by atoms with van der Waals surface area (Å²) in [4.78, 5) is 17.1. The zero-order valence-corrected chi connectivity index (χ0v) is 18.9. The summed E-state index contributed by atoms with van der Waals surface area (Å²) in [7, 11) is -4.51. The zero-order chi connectivity index (χ0) is 20.9. The maximum Gasteiger partial charge on any atom is 0.469 e. The molecule has 0 rings (SSSR count). The average Bonchev–Trinajstić information content (AvgIpc) is 2.65. The van der Waals surface area contributed by atoms with E-state index in [1.54, 1.807) is 0 Å². The van der Waals surface area contributed by atoms with Gasteiger partial charge >= 0.3 is 7.82 Å². The molecule has 0 aliphatic heterocycles. The molecule has 0 aliphatic rings. The van der Waals surface area contributed by atoms with Gasteiger partial charge in [-0.25, -0.2) is 4.57 Å². The van der Waals surface area contributed by atoms with Crippen LogP contribution in [0.2, 0.25) is 0 Å². The van der Waals surface area contributed by atoms with Crippen LogP contribution in [0, 0.1) is 0 Å². The first-order chi connectivity index (χ1) is 13.5. The second-order valence-electron chi connectivity index (χ2n) is 7.82. The minimum absolute atomic E-state index is 0.0404. The number of ether oxygens (including phenoxy) is 1. The standard InChI is InChI=1S/C21H45O6P/c1-2-3-4-5-6-7-8-9-10-11-12-13-14-15-16-17-18-26-19-21(22)20-27-28(23,24)25/h21-22H,2-20H2,1H3,(H2,23,24,25)/t21-/m0/s1/i19+2,20+2,21+2. The number of hydrogen-bond acceptors (Lipinski definition) is 4. The lowest BCUT2D eigenvalue weighted by atomic mass is 10.0. The van der Waals surface area contributed by atoms with E-state index in [9.17, 15) is 9.67 Å². The summed E-state index contributed by atoms with van der Waals surface area (Å²) in [6.07, 6.45) is 20.2. The van der Waals surface area contributed by atoms with E-state index in [4.69, 9.17) is 14.5 Å². The van der Waals surface area contributed by atoms with Gasteiger partial charge in [0.05, 0.1) is 13.2 Å².